The van der Waals surface area contributed by atoms with Crippen molar-refractivity contribution >= 4 is 34.2 Å². The van der Waals surface area contributed by atoms with E-state index in [0.29, 0.717) is 41.8 Å². The molecular formula is C42H48N12O2. The Morgan fingerprint density at radius 1 is 0.893 bits per heavy atom. The fourth-order valence-corrected chi connectivity index (χ4v) is 9.14. The molecule has 1 unspecified atom stereocenters. The van der Waals surface area contributed by atoms with E-state index in [4.69, 9.17) is 10.1 Å². The normalized spacial score (nSPS) is 22.3. The van der Waals surface area contributed by atoms with E-state index in [9.17, 15) is 14.9 Å². The van der Waals surface area contributed by atoms with E-state index in [0.717, 1.165) is 92.3 Å². The fraction of sp³-hybridized carbons (Fsp3) is 0.476. The number of pyridine rings is 2. The lowest BCUT2D eigenvalue weighted by Gasteiger charge is -2.37. The van der Waals surface area contributed by atoms with E-state index >= 15 is 0 Å². The van der Waals surface area contributed by atoms with Gasteiger partial charge < -0.3 is 10.2 Å². The van der Waals surface area contributed by atoms with Crippen LogP contribution in [0.2, 0.25) is 0 Å². The summed E-state index contributed by atoms with van der Waals surface area (Å²) in [5.74, 6) is 1.20. The molecule has 4 fully saturated rings. The third-order valence-electron chi connectivity index (χ3n) is 12.5. The molecule has 0 radical (unpaired) electrons. The van der Waals surface area contributed by atoms with E-state index in [2.05, 4.69) is 72.3 Å². The highest BCUT2D eigenvalue weighted by molar-refractivity contribution is 6.01. The molecule has 2 aliphatic heterocycles. The molecule has 56 heavy (non-hydrogen) atoms. The number of hydrogen-bond acceptors (Lipinski definition) is 11. The van der Waals surface area contributed by atoms with Gasteiger partial charge in [0.15, 0.2) is 11.5 Å². The van der Waals surface area contributed by atoms with Crippen molar-refractivity contribution in [2.24, 2.45) is 5.92 Å². The first-order valence-electron chi connectivity index (χ1n) is 20.3. The Morgan fingerprint density at radius 2 is 1.70 bits per heavy atom. The lowest BCUT2D eigenvalue weighted by atomic mass is 9.79. The summed E-state index contributed by atoms with van der Waals surface area (Å²) in [6.07, 6.45) is 18.8. The predicted molar refractivity (Wildman–Crippen MR) is 212 cm³/mol. The van der Waals surface area contributed by atoms with Crippen LogP contribution < -0.4 is 15.5 Å². The summed E-state index contributed by atoms with van der Waals surface area (Å²) in [6, 6.07) is 14.7. The number of imide groups is 1. The maximum atomic E-state index is 12.3. The van der Waals surface area contributed by atoms with Crippen molar-refractivity contribution in [2.45, 2.75) is 88.5 Å². The standard InChI is InChI=1S/C42H48N12O2/c43-23-29-21-32-25-46-54(41(32)45-24-29)39-22-36(47-33-3-1-2-4-33)38(26-44-39)53-27-37(49-50-53)31-7-5-28(6-8-31)15-16-51-17-19-52(20-18-51)34-11-9-30(10-12-34)35-13-14-40(55)48-42(35)56/h9-12,21-22,24-28,31,33,35H,1-8,13-20H2,(H,44,47)(H,48,55,56). The van der Waals surface area contributed by atoms with Gasteiger partial charge in [0, 0.05) is 67.9 Å². The third kappa shape index (κ3) is 7.60. The van der Waals surface area contributed by atoms with Gasteiger partial charge in [0.2, 0.25) is 11.8 Å². The first kappa shape index (κ1) is 36.0. The lowest BCUT2D eigenvalue weighted by Crippen LogP contribution is -2.47. The first-order chi connectivity index (χ1) is 27.5. The number of nitrogens with one attached hydrogen (secondary N) is 2. The minimum atomic E-state index is -0.239. The SMILES string of the molecule is N#Cc1cnc2c(cnn2-c2cc(NC3CCCC3)c(-n3cc(C4CCC(CCN5CCN(c6ccc(C7CCC(=O)NC7=O)cc6)CC5)CC4)nn3)cn2)c1. The Balaban J connectivity index is 0.781. The zero-order valence-corrected chi connectivity index (χ0v) is 31.7. The number of rotatable bonds is 10. The minimum Gasteiger partial charge on any atom is -0.380 e. The van der Waals surface area contributed by atoms with Crippen LogP contribution in [-0.4, -0.2) is 90.2 Å². The second-order valence-corrected chi connectivity index (χ2v) is 16.0. The van der Waals surface area contributed by atoms with Crippen LogP contribution in [0.25, 0.3) is 22.5 Å². The second-order valence-electron chi connectivity index (χ2n) is 16.0. The zero-order valence-electron chi connectivity index (χ0n) is 31.7. The minimum absolute atomic E-state index is 0.175. The summed E-state index contributed by atoms with van der Waals surface area (Å²) in [5.41, 5.74) is 6.21. The van der Waals surface area contributed by atoms with E-state index in [1.807, 2.05) is 16.9 Å². The van der Waals surface area contributed by atoms with Gasteiger partial charge in [-0.25, -0.2) is 14.6 Å². The number of carbonyl (C=O) groups excluding carboxylic acids is 2. The lowest BCUT2D eigenvalue weighted by molar-refractivity contribution is -0.134. The molecule has 288 valence electrons. The summed E-state index contributed by atoms with van der Waals surface area (Å²) < 4.78 is 3.60. The molecule has 1 atom stereocenters. The molecule has 0 spiro atoms. The molecule has 2 saturated carbocycles. The number of aromatic nitrogens is 7. The van der Waals surface area contributed by atoms with Crippen LogP contribution in [0.15, 0.2) is 61.2 Å². The van der Waals surface area contributed by atoms with Gasteiger partial charge in [0.1, 0.15) is 11.8 Å². The summed E-state index contributed by atoms with van der Waals surface area (Å²) in [6.45, 7) is 5.24. The number of nitrogens with zero attached hydrogens (tertiary/aromatic N) is 10. The molecule has 4 aliphatic rings. The number of piperazine rings is 1. The van der Waals surface area contributed by atoms with Crippen molar-refractivity contribution in [3.05, 3.63) is 78.0 Å². The topological polar surface area (TPSA) is 163 Å². The van der Waals surface area contributed by atoms with Crippen molar-refractivity contribution in [3.63, 3.8) is 0 Å². The third-order valence-corrected chi connectivity index (χ3v) is 12.5. The Labute approximate surface area is 326 Å². The number of amides is 2. The van der Waals surface area contributed by atoms with Gasteiger partial charge in [-0.3, -0.25) is 19.8 Å². The highest BCUT2D eigenvalue weighted by Crippen LogP contribution is 2.37. The van der Waals surface area contributed by atoms with Gasteiger partial charge in [-0.15, -0.1) is 5.10 Å². The maximum absolute atomic E-state index is 12.3. The summed E-state index contributed by atoms with van der Waals surface area (Å²) in [7, 11) is 0. The Morgan fingerprint density at radius 3 is 2.46 bits per heavy atom. The average Bonchev–Trinajstić information content (AvgIpc) is 4.03. The molecule has 1 aromatic carbocycles. The molecule has 2 saturated heterocycles. The molecule has 0 bridgehead atoms. The van der Waals surface area contributed by atoms with E-state index < -0.39 is 0 Å². The second kappa shape index (κ2) is 15.8. The Kier molecular flexibility index (Phi) is 10.2. The zero-order chi connectivity index (χ0) is 38.0. The van der Waals surface area contributed by atoms with Crippen molar-refractivity contribution in [1.82, 2.24) is 45.0 Å². The largest absolute Gasteiger partial charge is 0.380 e. The number of carbonyl (C=O) groups is 2. The van der Waals surface area contributed by atoms with Crippen molar-refractivity contribution in [1.29, 1.82) is 5.26 Å². The van der Waals surface area contributed by atoms with Crippen LogP contribution in [-0.2, 0) is 9.59 Å². The van der Waals surface area contributed by atoms with Gasteiger partial charge in [-0.1, -0.05) is 30.2 Å². The monoisotopic (exact) mass is 752 g/mol. The smallest absolute Gasteiger partial charge is 0.234 e. The van der Waals surface area contributed by atoms with Gasteiger partial charge >= 0.3 is 0 Å². The molecular weight excluding hydrogens is 705 g/mol. The van der Waals surface area contributed by atoms with Crippen LogP contribution in [0.1, 0.15) is 99.3 Å². The highest BCUT2D eigenvalue weighted by Gasteiger charge is 2.29. The van der Waals surface area contributed by atoms with Crippen molar-refractivity contribution in [3.8, 4) is 17.6 Å². The van der Waals surface area contributed by atoms with E-state index in [1.54, 1.807) is 23.1 Å². The average molecular weight is 753 g/mol. The van der Waals surface area contributed by atoms with Crippen LogP contribution in [0, 0.1) is 17.2 Å². The molecule has 2 N–H and O–H groups in total. The molecule has 2 amide bonds. The van der Waals surface area contributed by atoms with Crippen LogP contribution in [0.3, 0.4) is 0 Å². The molecule has 14 nitrogen and oxygen atoms in total. The molecule has 14 heteroatoms. The molecule has 2 aliphatic carbocycles. The number of anilines is 2. The highest BCUT2D eigenvalue weighted by atomic mass is 16.2. The van der Waals surface area contributed by atoms with E-state index in [1.165, 1.54) is 37.8 Å². The van der Waals surface area contributed by atoms with Crippen molar-refractivity contribution in [2.75, 3.05) is 42.9 Å². The number of piperidine rings is 1. The number of benzene rings is 1. The van der Waals surface area contributed by atoms with Gasteiger partial charge in [-0.2, -0.15) is 15.0 Å². The summed E-state index contributed by atoms with van der Waals surface area (Å²) in [4.78, 5) is 38.2. The van der Waals surface area contributed by atoms with Crippen molar-refractivity contribution < 1.29 is 9.59 Å². The maximum Gasteiger partial charge on any atom is 0.234 e. The van der Waals surface area contributed by atoms with Gasteiger partial charge in [0.05, 0.1) is 41.5 Å². The van der Waals surface area contributed by atoms with Gasteiger partial charge in [0.25, 0.3) is 0 Å². The molecule has 9 rings (SSSR count). The molecule has 6 heterocycles. The number of fused-ring (bicyclic) bond motifs is 1. The van der Waals surface area contributed by atoms with Crippen LogP contribution in [0.4, 0.5) is 11.4 Å². The van der Waals surface area contributed by atoms with Gasteiger partial charge in [-0.05, 0) is 87.6 Å². The Hall–Kier alpha value is -5.68. The fourth-order valence-electron chi connectivity index (χ4n) is 9.14. The molecule has 5 aromatic rings. The van der Waals surface area contributed by atoms with Crippen LogP contribution >= 0.6 is 0 Å². The van der Waals surface area contributed by atoms with Crippen LogP contribution in [0.5, 0.6) is 0 Å². The van der Waals surface area contributed by atoms with E-state index in [-0.39, 0.29) is 17.7 Å². The number of hydrogen-bond donors (Lipinski definition) is 2. The summed E-state index contributed by atoms with van der Waals surface area (Å²) in [5, 5.41) is 30.2. The Bertz CT molecular complexity index is 2240. The predicted octanol–water partition coefficient (Wildman–Crippen LogP) is 5.63. The quantitative estimate of drug-likeness (QED) is 0.170. The summed E-state index contributed by atoms with van der Waals surface area (Å²) >= 11 is 0. The number of nitriles is 1. The first-order valence-corrected chi connectivity index (χ1v) is 20.3. The molecule has 4 aromatic heterocycles.